The van der Waals surface area contributed by atoms with Crippen molar-refractivity contribution in [1.82, 2.24) is 4.72 Å². The molecular weight excluding hydrogens is 339 g/mol. The van der Waals surface area contributed by atoms with E-state index < -0.39 is 15.9 Å². The van der Waals surface area contributed by atoms with Gasteiger partial charge in [-0.25, -0.2) is 13.1 Å². The maximum Gasteiger partial charge on any atom is 0.291 e. The molecule has 0 aliphatic heterocycles. The van der Waals surface area contributed by atoms with Gasteiger partial charge in [0.25, 0.3) is 15.9 Å². The fourth-order valence-electron chi connectivity index (χ4n) is 1.46. The Morgan fingerprint density at radius 3 is 2.57 bits per heavy atom. The van der Waals surface area contributed by atoms with E-state index >= 15 is 0 Å². The van der Waals surface area contributed by atoms with Crippen LogP contribution in [0.1, 0.15) is 10.6 Å². The van der Waals surface area contributed by atoms with Gasteiger partial charge >= 0.3 is 0 Å². The summed E-state index contributed by atoms with van der Waals surface area (Å²) in [7, 11) is -2.50. The number of carbonyl (C=O) groups excluding carboxylic acids is 1. The van der Waals surface area contributed by atoms with Crippen molar-refractivity contribution in [3.8, 4) is 0 Å². The highest BCUT2D eigenvalue weighted by atomic mass is 35.5. The van der Waals surface area contributed by atoms with E-state index in [-0.39, 0.29) is 10.9 Å². The minimum absolute atomic E-state index is 0.167. The van der Waals surface area contributed by atoms with Crippen molar-refractivity contribution < 1.29 is 17.6 Å². The summed E-state index contributed by atoms with van der Waals surface area (Å²) in [6, 6.07) is 7.00. The molecule has 0 radical (unpaired) electrons. The van der Waals surface area contributed by atoms with Gasteiger partial charge in [0, 0.05) is 5.02 Å². The van der Waals surface area contributed by atoms with E-state index in [2.05, 4.69) is 10.0 Å². The van der Waals surface area contributed by atoms with Gasteiger partial charge in [0.05, 0.1) is 10.7 Å². The van der Waals surface area contributed by atoms with Gasteiger partial charge < -0.3 is 9.73 Å². The molecule has 0 aliphatic carbocycles. The largest absolute Gasteiger partial charge is 0.438 e. The number of sulfonamides is 1. The molecule has 1 aromatic heterocycles. The van der Waals surface area contributed by atoms with Gasteiger partial charge in [0.2, 0.25) is 5.09 Å². The zero-order valence-corrected chi connectivity index (χ0v) is 13.0. The molecule has 9 heteroatoms. The summed E-state index contributed by atoms with van der Waals surface area (Å²) >= 11 is 11.7. The molecule has 0 unspecified atom stereocenters. The second-order valence-electron chi connectivity index (χ2n) is 3.90. The van der Waals surface area contributed by atoms with Crippen molar-refractivity contribution >= 4 is 44.8 Å². The maximum atomic E-state index is 12.0. The van der Waals surface area contributed by atoms with Crippen LogP contribution in [0.15, 0.2) is 39.8 Å². The lowest BCUT2D eigenvalue weighted by molar-refractivity contribution is 0.0991. The molecular formula is C12H10Cl2N2O4S. The normalized spacial score (nSPS) is 11.4. The standard InChI is InChI=1S/C12H10Cl2N2O4S/c1-15-21(18,19)11-5-4-10(20-11)12(17)16-9-6-7(13)2-3-8(9)14/h2-6,15H,1H3,(H,16,17). The van der Waals surface area contributed by atoms with E-state index in [1.165, 1.54) is 31.3 Å². The van der Waals surface area contributed by atoms with E-state index in [1.807, 2.05) is 0 Å². The first-order chi connectivity index (χ1) is 9.83. The number of hydrogen-bond donors (Lipinski definition) is 2. The third kappa shape index (κ3) is 3.56. The summed E-state index contributed by atoms with van der Waals surface area (Å²) in [5.74, 6) is -0.809. The average Bonchev–Trinajstić information content (AvgIpc) is 2.93. The summed E-state index contributed by atoms with van der Waals surface area (Å²) < 4.78 is 30.1. The van der Waals surface area contributed by atoms with Crippen LogP contribution in [-0.2, 0) is 10.0 Å². The molecule has 0 saturated carbocycles. The van der Waals surface area contributed by atoms with Crippen molar-refractivity contribution in [1.29, 1.82) is 0 Å². The summed E-state index contributed by atoms with van der Waals surface area (Å²) in [4.78, 5) is 12.0. The fraction of sp³-hybridized carbons (Fsp3) is 0.0833. The lowest BCUT2D eigenvalue weighted by Crippen LogP contribution is -2.18. The Morgan fingerprint density at radius 2 is 1.90 bits per heavy atom. The fourth-order valence-corrected chi connectivity index (χ4v) is 2.45. The SMILES string of the molecule is CNS(=O)(=O)c1ccc(C(=O)Nc2cc(Cl)ccc2Cl)o1. The predicted molar refractivity (Wildman–Crippen MR) is 79.4 cm³/mol. The van der Waals surface area contributed by atoms with Crippen LogP contribution in [0.5, 0.6) is 0 Å². The van der Waals surface area contributed by atoms with Gasteiger partial charge in [-0.1, -0.05) is 23.2 Å². The quantitative estimate of drug-likeness (QED) is 0.888. The average molecular weight is 349 g/mol. The highest BCUT2D eigenvalue weighted by molar-refractivity contribution is 7.89. The first kappa shape index (κ1) is 15.8. The predicted octanol–water partition coefficient (Wildman–Crippen LogP) is 2.75. The van der Waals surface area contributed by atoms with Crippen molar-refractivity contribution in [3.63, 3.8) is 0 Å². The van der Waals surface area contributed by atoms with E-state index in [4.69, 9.17) is 27.6 Å². The Hall–Kier alpha value is -1.54. The Labute approximate surface area is 131 Å². The van der Waals surface area contributed by atoms with E-state index in [0.717, 1.165) is 0 Å². The van der Waals surface area contributed by atoms with Gasteiger partial charge in [-0.05, 0) is 37.4 Å². The monoisotopic (exact) mass is 348 g/mol. The van der Waals surface area contributed by atoms with Crippen molar-refractivity contribution in [3.05, 3.63) is 46.1 Å². The zero-order valence-electron chi connectivity index (χ0n) is 10.7. The smallest absolute Gasteiger partial charge is 0.291 e. The van der Waals surface area contributed by atoms with Gasteiger partial charge in [-0.15, -0.1) is 0 Å². The van der Waals surface area contributed by atoms with Gasteiger partial charge in [0.15, 0.2) is 5.76 Å². The summed E-state index contributed by atoms with van der Waals surface area (Å²) in [5.41, 5.74) is 0.295. The Kier molecular flexibility index (Phi) is 4.58. The number of hydrogen-bond acceptors (Lipinski definition) is 4. The summed E-state index contributed by atoms with van der Waals surface area (Å²) in [6.45, 7) is 0. The second kappa shape index (κ2) is 6.07. The van der Waals surface area contributed by atoms with E-state index in [0.29, 0.717) is 15.7 Å². The second-order valence-corrected chi connectivity index (χ2v) is 6.57. The molecule has 21 heavy (non-hydrogen) atoms. The van der Waals surface area contributed by atoms with Crippen molar-refractivity contribution in [2.24, 2.45) is 0 Å². The molecule has 2 rings (SSSR count). The first-order valence-corrected chi connectivity index (χ1v) is 7.87. The molecule has 1 heterocycles. The number of halogens is 2. The Bertz CT molecular complexity index is 786. The third-order valence-corrected chi connectivity index (χ3v) is 4.37. The van der Waals surface area contributed by atoms with Crippen LogP contribution in [0, 0.1) is 0 Å². The molecule has 2 N–H and O–H groups in total. The molecule has 1 aromatic carbocycles. The number of anilines is 1. The Balaban J connectivity index is 2.24. The van der Waals surface area contributed by atoms with Crippen LogP contribution in [0.2, 0.25) is 10.0 Å². The van der Waals surface area contributed by atoms with Crippen molar-refractivity contribution in [2.45, 2.75) is 5.09 Å². The summed E-state index contributed by atoms with van der Waals surface area (Å²) in [5, 5.41) is 2.82. The van der Waals surface area contributed by atoms with E-state index in [1.54, 1.807) is 6.07 Å². The minimum atomic E-state index is -3.74. The van der Waals surface area contributed by atoms with Crippen LogP contribution in [-0.4, -0.2) is 21.4 Å². The Morgan fingerprint density at radius 1 is 1.19 bits per heavy atom. The van der Waals surface area contributed by atoms with Crippen LogP contribution in [0.3, 0.4) is 0 Å². The lowest BCUT2D eigenvalue weighted by Gasteiger charge is -2.06. The molecule has 6 nitrogen and oxygen atoms in total. The highest BCUT2D eigenvalue weighted by Gasteiger charge is 2.20. The van der Waals surface area contributed by atoms with Crippen LogP contribution in [0.4, 0.5) is 5.69 Å². The zero-order chi connectivity index (χ0) is 15.6. The van der Waals surface area contributed by atoms with Gasteiger partial charge in [-0.3, -0.25) is 4.79 Å². The lowest BCUT2D eigenvalue weighted by atomic mass is 10.3. The number of amides is 1. The molecule has 1 amide bonds. The van der Waals surface area contributed by atoms with Crippen LogP contribution < -0.4 is 10.0 Å². The molecule has 2 aromatic rings. The van der Waals surface area contributed by atoms with Crippen LogP contribution >= 0.6 is 23.2 Å². The number of rotatable bonds is 4. The maximum absolute atomic E-state index is 12.0. The first-order valence-electron chi connectivity index (χ1n) is 5.63. The molecule has 112 valence electrons. The van der Waals surface area contributed by atoms with E-state index in [9.17, 15) is 13.2 Å². The molecule has 0 atom stereocenters. The third-order valence-electron chi connectivity index (χ3n) is 2.52. The van der Waals surface area contributed by atoms with Crippen LogP contribution in [0.25, 0.3) is 0 Å². The van der Waals surface area contributed by atoms with Gasteiger partial charge in [-0.2, -0.15) is 0 Å². The molecule has 0 aliphatic rings. The molecule has 0 spiro atoms. The minimum Gasteiger partial charge on any atom is -0.438 e. The topological polar surface area (TPSA) is 88.4 Å². The highest BCUT2D eigenvalue weighted by Crippen LogP contribution is 2.26. The molecule has 0 bridgehead atoms. The summed E-state index contributed by atoms with van der Waals surface area (Å²) in [6.07, 6.45) is 0. The number of furan rings is 1. The number of nitrogens with one attached hydrogen (secondary N) is 2. The van der Waals surface area contributed by atoms with Gasteiger partial charge in [0.1, 0.15) is 0 Å². The molecule has 0 fully saturated rings. The molecule has 0 saturated heterocycles. The van der Waals surface area contributed by atoms with Crippen molar-refractivity contribution in [2.75, 3.05) is 12.4 Å². The number of benzene rings is 1. The number of carbonyl (C=O) groups is 1.